The van der Waals surface area contributed by atoms with Crippen LogP contribution in [0.1, 0.15) is 17.3 Å². The number of hydrogen-bond acceptors (Lipinski definition) is 4. The maximum atomic E-state index is 11.3. The fourth-order valence-corrected chi connectivity index (χ4v) is 1.68. The van der Waals surface area contributed by atoms with Crippen molar-refractivity contribution in [2.45, 2.75) is 6.92 Å². The molecule has 0 saturated heterocycles. The summed E-state index contributed by atoms with van der Waals surface area (Å²) in [5, 5.41) is 0. The van der Waals surface area contributed by atoms with Crippen LogP contribution in [0.4, 0.5) is 0 Å². The summed E-state index contributed by atoms with van der Waals surface area (Å²) in [5.74, 6) is 1.81. The summed E-state index contributed by atoms with van der Waals surface area (Å²) < 4.78 is 15.7. The van der Waals surface area contributed by atoms with Crippen molar-refractivity contribution in [3.8, 4) is 17.2 Å². The number of carbonyl (C=O) groups is 1. The van der Waals surface area contributed by atoms with Crippen LogP contribution >= 0.6 is 0 Å². The molecule has 0 aliphatic heterocycles. The van der Waals surface area contributed by atoms with E-state index in [-0.39, 0.29) is 5.97 Å². The highest BCUT2D eigenvalue weighted by Gasteiger charge is 2.05. The normalized spacial score (nSPS) is 9.90. The van der Waals surface area contributed by atoms with Gasteiger partial charge < -0.3 is 14.2 Å². The molecule has 4 heteroatoms. The highest BCUT2D eigenvalue weighted by Crippen LogP contribution is 2.24. The average molecular weight is 272 g/mol. The quantitative estimate of drug-likeness (QED) is 0.779. The van der Waals surface area contributed by atoms with Crippen LogP contribution < -0.4 is 9.47 Å². The molecule has 0 heterocycles. The van der Waals surface area contributed by atoms with Crippen molar-refractivity contribution in [3.05, 3.63) is 54.1 Å². The second-order valence-corrected chi connectivity index (χ2v) is 4.02. The van der Waals surface area contributed by atoms with Gasteiger partial charge in [0.25, 0.3) is 0 Å². The summed E-state index contributed by atoms with van der Waals surface area (Å²) in [6.07, 6.45) is 0. The minimum Gasteiger partial charge on any atom is -0.494 e. The maximum absolute atomic E-state index is 11.3. The molecule has 20 heavy (non-hydrogen) atoms. The Bertz CT molecular complexity index is 558. The summed E-state index contributed by atoms with van der Waals surface area (Å²) in [7, 11) is 1.35. The largest absolute Gasteiger partial charge is 0.494 e. The molecule has 0 amide bonds. The van der Waals surface area contributed by atoms with E-state index in [0.717, 1.165) is 5.75 Å². The van der Waals surface area contributed by atoms with Gasteiger partial charge in [-0.1, -0.05) is 0 Å². The molecule has 0 unspecified atom stereocenters. The van der Waals surface area contributed by atoms with Crippen LogP contribution in [0.2, 0.25) is 0 Å². The molecular formula is C16H16O4. The third-order valence-corrected chi connectivity index (χ3v) is 2.65. The molecule has 0 bridgehead atoms. The number of hydrogen-bond donors (Lipinski definition) is 0. The Balaban J connectivity index is 2.04. The second-order valence-electron chi connectivity index (χ2n) is 4.02. The lowest BCUT2D eigenvalue weighted by Gasteiger charge is -2.07. The molecule has 4 nitrogen and oxygen atoms in total. The summed E-state index contributed by atoms with van der Waals surface area (Å²) >= 11 is 0. The van der Waals surface area contributed by atoms with Crippen LogP contribution in [0, 0.1) is 0 Å². The van der Waals surface area contributed by atoms with Gasteiger partial charge in [0.2, 0.25) is 0 Å². The van der Waals surface area contributed by atoms with Crippen LogP contribution in [0.3, 0.4) is 0 Å². The number of ether oxygens (including phenoxy) is 3. The van der Waals surface area contributed by atoms with Gasteiger partial charge in [-0.15, -0.1) is 0 Å². The van der Waals surface area contributed by atoms with Crippen molar-refractivity contribution in [3.63, 3.8) is 0 Å². The predicted molar refractivity (Wildman–Crippen MR) is 75.5 cm³/mol. The van der Waals surface area contributed by atoms with Gasteiger partial charge >= 0.3 is 5.97 Å². The van der Waals surface area contributed by atoms with Crippen molar-refractivity contribution >= 4 is 5.97 Å². The molecule has 0 fully saturated rings. The van der Waals surface area contributed by atoms with Gasteiger partial charge in [0.05, 0.1) is 19.3 Å². The molecule has 0 atom stereocenters. The molecule has 2 aromatic carbocycles. The van der Waals surface area contributed by atoms with Gasteiger partial charge in [0.1, 0.15) is 17.2 Å². The average Bonchev–Trinajstić information content (AvgIpc) is 2.49. The van der Waals surface area contributed by atoms with E-state index in [1.54, 1.807) is 24.3 Å². The smallest absolute Gasteiger partial charge is 0.337 e. The van der Waals surface area contributed by atoms with E-state index in [4.69, 9.17) is 9.47 Å². The molecular weight excluding hydrogens is 256 g/mol. The Labute approximate surface area is 117 Å². The summed E-state index contributed by atoms with van der Waals surface area (Å²) in [6, 6.07) is 14.1. The first kappa shape index (κ1) is 13.9. The lowest BCUT2D eigenvalue weighted by atomic mass is 10.2. The summed E-state index contributed by atoms with van der Waals surface area (Å²) in [4.78, 5) is 11.3. The molecule has 2 aromatic rings. The lowest BCUT2D eigenvalue weighted by molar-refractivity contribution is 0.0600. The molecule has 0 aliphatic carbocycles. The fourth-order valence-electron chi connectivity index (χ4n) is 1.68. The van der Waals surface area contributed by atoms with Gasteiger partial charge in [-0.2, -0.15) is 0 Å². The lowest BCUT2D eigenvalue weighted by Crippen LogP contribution is -2.00. The summed E-state index contributed by atoms with van der Waals surface area (Å²) in [5.41, 5.74) is 0.492. The minimum atomic E-state index is -0.363. The van der Waals surface area contributed by atoms with Crippen LogP contribution in [-0.2, 0) is 4.74 Å². The van der Waals surface area contributed by atoms with Gasteiger partial charge in [0, 0.05) is 0 Å². The van der Waals surface area contributed by atoms with E-state index < -0.39 is 0 Å². The van der Waals surface area contributed by atoms with Crippen LogP contribution in [-0.4, -0.2) is 19.7 Å². The molecule has 104 valence electrons. The third kappa shape index (κ3) is 3.51. The Morgan fingerprint density at radius 1 is 0.900 bits per heavy atom. The molecule has 0 aromatic heterocycles. The standard InChI is InChI=1S/C16H16O4/c1-3-19-13-8-10-15(11-9-13)20-14-6-4-12(5-7-14)16(17)18-2/h4-11H,3H2,1-2H3. The van der Waals surface area contributed by atoms with E-state index in [1.807, 2.05) is 31.2 Å². The van der Waals surface area contributed by atoms with Gasteiger partial charge in [-0.05, 0) is 55.5 Å². The predicted octanol–water partition coefficient (Wildman–Crippen LogP) is 3.66. The molecule has 0 N–H and O–H groups in total. The monoisotopic (exact) mass is 272 g/mol. The summed E-state index contributed by atoms with van der Waals surface area (Å²) in [6.45, 7) is 2.57. The topological polar surface area (TPSA) is 44.8 Å². The van der Waals surface area contributed by atoms with Gasteiger partial charge in [-0.3, -0.25) is 0 Å². The van der Waals surface area contributed by atoms with Crippen molar-refractivity contribution in [2.24, 2.45) is 0 Å². The van der Waals surface area contributed by atoms with Crippen LogP contribution in [0.5, 0.6) is 17.2 Å². The third-order valence-electron chi connectivity index (χ3n) is 2.65. The first-order chi connectivity index (χ1) is 9.72. The zero-order valence-electron chi connectivity index (χ0n) is 11.5. The highest BCUT2D eigenvalue weighted by atomic mass is 16.5. The number of benzene rings is 2. The first-order valence-electron chi connectivity index (χ1n) is 6.32. The van der Waals surface area contributed by atoms with Crippen molar-refractivity contribution < 1.29 is 19.0 Å². The van der Waals surface area contributed by atoms with Crippen molar-refractivity contribution in [2.75, 3.05) is 13.7 Å². The number of methoxy groups -OCH3 is 1. The maximum Gasteiger partial charge on any atom is 0.337 e. The molecule has 2 rings (SSSR count). The van der Waals surface area contributed by atoms with E-state index in [0.29, 0.717) is 23.7 Å². The number of esters is 1. The SMILES string of the molecule is CCOc1ccc(Oc2ccc(C(=O)OC)cc2)cc1. The van der Waals surface area contributed by atoms with Gasteiger partial charge in [-0.25, -0.2) is 4.79 Å². The molecule has 0 radical (unpaired) electrons. The van der Waals surface area contributed by atoms with Crippen molar-refractivity contribution in [1.29, 1.82) is 0 Å². The molecule has 0 saturated carbocycles. The Hall–Kier alpha value is -2.49. The number of carbonyl (C=O) groups excluding carboxylic acids is 1. The first-order valence-corrected chi connectivity index (χ1v) is 6.32. The Kier molecular flexibility index (Phi) is 4.60. The zero-order chi connectivity index (χ0) is 14.4. The van der Waals surface area contributed by atoms with E-state index in [1.165, 1.54) is 7.11 Å². The molecule has 0 aliphatic rings. The zero-order valence-corrected chi connectivity index (χ0v) is 11.5. The Morgan fingerprint density at radius 2 is 1.40 bits per heavy atom. The van der Waals surface area contributed by atoms with Gasteiger partial charge in [0.15, 0.2) is 0 Å². The fraction of sp³-hybridized carbons (Fsp3) is 0.188. The van der Waals surface area contributed by atoms with E-state index >= 15 is 0 Å². The second kappa shape index (κ2) is 6.61. The van der Waals surface area contributed by atoms with Crippen molar-refractivity contribution in [1.82, 2.24) is 0 Å². The van der Waals surface area contributed by atoms with E-state index in [9.17, 15) is 4.79 Å². The number of rotatable bonds is 5. The van der Waals surface area contributed by atoms with Crippen LogP contribution in [0.25, 0.3) is 0 Å². The van der Waals surface area contributed by atoms with Crippen LogP contribution in [0.15, 0.2) is 48.5 Å². The molecule has 0 spiro atoms. The van der Waals surface area contributed by atoms with E-state index in [2.05, 4.69) is 4.74 Å². The highest BCUT2D eigenvalue weighted by molar-refractivity contribution is 5.89. The Morgan fingerprint density at radius 3 is 1.90 bits per heavy atom. The minimum absolute atomic E-state index is 0.363.